The first-order valence-electron chi connectivity index (χ1n) is 5.41. The van der Waals surface area contributed by atoms with E-state index in [1.165, 1.54) is 0 Å². The molecule has 0 heterocycles. The smallest absolute Gasteiger partial charge is 0.153 e. The van der Waals surface area contributed by atoms with E-state index in [2.05, 4.69) is 0 Å². The van der Waals surface area contributed by atoms with Crippen LogP contribution in [0.15, 0.2) is 0 Å². The predicted octanol–water partition coefficient (Wildman–Crippen LogP) is 0.456. The van der Waals surface area contributed by atoms with Gasteiger partial charge in [0.05, 0.1) is 16.8 Å². The monoisotopic (exact) mass is 249 g/mol. The molecule has 0 aromatic carbocycles. The highest BCUT2D eigenvalue weighted by Crippen LogP contribution is 2.04. The largest absolute Gasteiger partial charge is 0.388 e. The predicted molar refractivity (Wildman–Crippen MR) is 67.5 cm³/mol. The van der Waals surface area contributed by atoms with Gasteiger partial charge in [0.2, 0.25) is 0 Å². The minimum Gasteiger partial charge on any atom is -0.388 e. The minimum atomic E-state index is -2.98. The third-order valence-electron chi connectivity index (χ3n) is 2.71. The molecule has 1 atom stereocenters. The molecule has 0 aromatic heterocycles. The lowest BCUT2D eigenvalue weighted by Gasteiger charge is -2.24. The van der Waals surface area contributed by atoms with Gasteiger partial charge in [0.25, 0.3) is 0 Å². The highest BCUT2D eigenvalue weighted by molar-refractivity contribution is 7.92. The molecule has 0 aliphatic carbocycles. The van der Waals surface area contributed by atoms with Crippen molar-refractivity contribution in [1.82, 2.24) is 4.90 Å². The second-order valence-electron chi connectivity index (χ2n) is 4.47. The fourth-order valence-electron chi connectivity index (χ4n) is 1.20. The summed E-state index contributed by atoms with van der Waals surface area (Å²) in [5, 5.41) is 6.84. The Morgan fingerprint density at radius 3 is 2.25 bits per heavy atom. The van der Waals surface area contributed by atoms with E-state index in [4.69, 9.17) is 11.1 Å². The van der Waals surface area contributed by atoms with E-state index in [0.29, 0.717) is 13.0 Å². The normalized spacial score (nSPS) is 14.4. The van der Waals surface area contributed by atoms with Crippen LogP contribution in [0.4, 0.5) is 0 Å². The van der Waals surface area contributed by atoms with Crippen molar-refractivity contribution in [2.45, 2.75) is 38.5 Å². The van der Waals surface area contributed by atoms with Gasteiger partial charge in [-0.15, -0.1) is 0 Å². The minimum absolute atomic E-state index is 0.0971. The first-order valence-corrected chi connectivity index (χ1v) is 7.13. The number of nitrogens with two attached hydrogens (primary N) is 1. The van der Waals surface area contributed by atoms with Gasteiger partial charge in [-0.3, -0.25) is 5.41 Å². The number of amidine groups is 1. The Kier molecular flexibility index (Phi) is 5.96. The molecule has 0 saturated heterocycles. The van der Waals surface area contributed by atoms with Crippen LogP contribution in [-0.2, 0) is 9.84 Å². The lowest BCUT2D eigenvalue weighted by Crippen LogP contribution is -2.37. The van der Waals surface area contributed by atoms with Gasteiger partial charge in [-0.1, -0.05) is 0 Å². The molecule has 0 radical (unpaired) electrons. The molecule has 5 nitrogen and oxygen atoms in total. The maximum Gasteiger partial charge on any atom is 0.153 e. The third kappa shape index (κ3) is 5.46. The molecule has 16 heavy (non-hydrogen) atoms. The molecular formula is C10H23N3O2S. The Labute approximate surface area is 98.4 Å². The molecule has 0 rings (SSSR count). The van der Waals surface area contributed by atoms with Gasteiger partial charge in [0.15, 0.2) is 9.84 Å². The molecule has 1 unspecified atom stereocenters. The van der Waals surface area contributed by atoms with Crippen LogP contribution in [0.25, 0.3) is 0 Å². The zero-order chi connectivity index (χ0) is 12.9. The van der Waals surface area contributed by atoms with E-state index in [9.17, 15) is 8.42 Å². The summed E-state index contributed by atoms with van der Waals surface area (Å²) in [5.41, 5.74) is 5.30. The molecule has 0 saturated carbocycles. The van der Waals surface area contributed by atoms with Crippen molar-refractivity contribution in [3.63, 3.8) is 0 Å². The standard InChI is InChI=1S/C10H23N3O2S/c1-8(2)16(14,15)6-5-13(4)9(3)7-10(11)12/h8-9H,5-7H2,1-4H3,(H3,11,12). The topological polar surface area (TPSA) is 87.2 Å². The molecule has 0 bridgehead atoms. The van der Waals surface area contributed by atoms with E-state index >= 15 is 0 Å². The Morgan fingerprint density at radius 2 is 1.88 bits per heavy atom. The average molecular weight is 249 g/mol. The Bertz CT molecular complexity index is 325. The van der Waals surface area contributed by atoms with E-state index in [0.717, 1.165) is 0 Å². The summed E-state index contributed by atoms with van der Waals surface area (Å²) in [4.78, 5) is 1.92. The van der Waals surface area contributed by atoms with Crippen LogP contribution in [0.2, 0.25) is 0 Å². The van der Waals surface area contributed by atoms with Crippen LogP contribution in [0.5, 0.6) is 0 Å². The summed E-state index contributed by atoms with van der Waals surface area (Å²) in [6, 6.07) is 0.0971. The number of sulfone groups is 1. The van der Waals surface area contributed by atoms with Gasteiger partial charge in [-0.05, 0) is 27.8 Å². The summed E-state index contributed by atoms with van der Waals surface area (Å²) >= 11 is 0. The van der Waals surface area contributed by atoms with E-state index < -0.39 is 9.84 Å². The zero-order valence-electron chi connectivity index (χ0n) is 10.5. The molecular weight excluding hydrogens is 226 g/mol. The van der Waals surface area contributed by atoms with Crippen molar-refractivity contribution >= 4 is 15.7 Å². The van der Waals surface area contributed by atoms with E-state index in [1.54, 1.807) is 13.8 Å². The second kappa shape index (κ2) is 6.20. The van der Waals surface area contributed by atoms with Gasteiger partial charge >= 0.3 is 0 Å². The zero-order valence-corrected chi connectivity index (χ0v) is 11.3. The highest BCUT2D eigenvalue weighted by atomic mass is 32.2. The van der Waals surface area contributed by atoms with Crippen LogP contribution < -0.4 is 5.73 Å². The van der Waals surface area contributed by atoms with Crippen LogP contribution in [0.1, 0.15) is 27.2 Å². The molecule has 96 valence electrons. The summed E-state index contributed by atoms with van der Waals surface area (Å²) in [6.07, 6.45) is 0.470. The van der Waals surface area contributed by atoms with Crippen LogP contribution >= 0.6 is 0 Å². The molecule has 0 aromatic rings. The first-order chi connectivity index (χ1) is 7.16. The lowest BCUT2D eigenvalue weighted by molar-refractivity contribution is 0.277. The van der Waals surface area contributed by atoms with Crippen molar-refractivity contribution in [1.29, 1.82) is 5.41 Å². The van der Waals surface area contributed by atoms with Crippen LogP contribution in [0, 0.1) is 5.41 Å². The van der Waals surface area contributed by atoms with Crippen molar-refractivity contribution < 1.29 is 8.42 Å². The van der Waals surface area contributed by atoms with E-state index in [-0.39, 0.29) is 22.9 Å². The molecule has 0 amide bonds. The maximum absolute atomic E-state index is 11.6. The summed E-state index contributed by atoms with van der Waals surface area (Å²) < 4.78 is 23.2. The van der Waals surface area contributed by atoms with Gasteiger partial charge in [0, 0.05) is 19.0 Å². The molecule has 0 fully saturated rings. The van der Waals surface area contributed by atoms with E-state index in [1.807, 2.05) is 18.9 Å². The van der Waals surface area contributed by atoms with Gasteiger partial charge < -0.3 is 10.6 Å². The number of hydrogen-bond acceptors (Lipinski definition) is 4. The van der Waals surface area contributed by atoms with Crippen molar-refractivity contribution in [3.05, 3.63) is 0 Å². The van der Waals surface area contributed by atoms with Crippen LogP contribution in [0.3, 0.4) is 0 Å². The SMILES string of the molecule is CC(CC(=N)N)N(C)CCS(=O)(=O)C(C)C. The van der Waals surface area contributed by atoms with Gasteiger partial charge in [0.1, 0.15) is 0 Å². The maximum atomic E-state index is 11.6. The Morgan fingerprint density at radius 1 is 1.38 bits per heavy atom. The molecule has 3 N–H and O–H groups in total. The molecule has 0 aliphatic heterocycles. The van der Waals surface area contributed by atoms with Crippen molar-refractivity contribution in [3.8, 4) is 0 Å². The summed E-state index contributed by atoms with van der Waals surface area (Å²) in [5.74, 6) is 0.287. The van der Waals surface area contributed by atoms with Gasteiger partial charge in [-0.2, -0.15) is 0 Å². The van der Waals surface area contributed by atoms with Crippen LogP contribution in [-0.4, -0.2) is 49.8 Å². The van der Waals surface area contributed by atoms with Crippen molar-refractivity contribution in [2.24, 2.45) is 5.73 Å². The molecule has 0 spiro atoms. The quantitative estimate of drug-likeness (QED) is 0.507. The fraction of sp³-hybridized carbons (Fsp3) is 0.900. The first kappa shape index (κ1) is 15.4. The summed E-state index contributed by atoms with van der Waals surface area (Å²) in [7, 11) is -1.13. The Balaban J connectivity index is 4.17. The van der Waals surface area contributed by atoms with Crippen molar-refractivity contribution in [2.75, 3.05) is 19.3 Å². The number of nitrogens with zero attached hydrogens (tertiary/aromatic N) is 1. The average Bonchev–Trinajstić information content (AvgIpc) is 2.12. The number of nitrogens with one attached hydrogen (secondary N) is 1. The second-order valence-corrected chi connectivity index (χ2v) is 7.15. The lowest BCUT2D eigenvalue weighted by atomic mass is 10.2. The highest BCUT2D eigenvalue weighted by Gasteiger charge is 2.18. The van der Waals surface area contributed by atoms with Gasteiger partial charge in [-0.25, -0.2) is 8.42 Å². The third-order valence-corrected chi connectivity index (χ3v) is 4.90. The fourth-order valence-corrected chi connectivity index (χ4v) is 2.22. The Hall–Kier alpha value is -0.620. The summed E-state index contributed by atoms with van der Waals surface area (Å²) in [6.45, 7) is 5.79. The molecule has 0 aliphatic rings. The number of rotatable bonds is 7. The number of hydrogen-bond donors (Lipinski definition) is 2. The molecule has 6 heteroatoms.